The molecule has 0 aromatic carbocycles. The standard InChI is InChI=1S/C10H7F3N2O2/c1-15-6-2-3-8(10(11,12)13)14-5(6)4-7(15)9(16)17/h2-4H,1H3,(H,16,17). The molecule has 0 radical (unpaired) electrons. The minimum Gasteiger partial charge on any atom is -0.477 e. The maximum atomic E-state index is 12.4. The van der Waals surface area contributed by atoms with Crippen molar-refractivity contribution in [3.63, 3.8) is 0 Å². The summed E-state index contributed by atoms with van der Waals surface area (Å²) < 4.78 is 38.5. The third kappa shape index (κ3) is 1.83. The topological polar surface area (TPSA) is 55.1 Å². The van der Waals surface area contributed by atoms with E-state index in [0.29, 0.717) is 5.52 Å². The van der Waals surface area contributed by atoms with Gasteiger partial charge < -0.3 is 9.67 Å². The predicted octanol–water partition coefficient (Wildman–Crippen LogP) is 2.29. The normalized spacial score (nSPS) is 12.0. The number of aromatic carboxylic acids is 1. The van der Waals surface area contributed by atoms with Crippen LogP contribution in [0.3, 0.4) is 0 Å². The van der Waals surface area contributed by atoms with Gasteiger partial charge in [0.15, 0.2) is 0 Å². The van der Waals surface area contributed by atoms with Crippen molar-refractivity contribution in [1.82, 2.24) is 9.55 Å². The first-order chi connectivity index (χ1) is 7.80. The maximum Gasteiger partial charge on any atom is 0.433 e. The van der Waals surface area contributed by atoms with Gasteiger partial charge in [-0.05, 0) is 18.2 Å². The summed E-state index contributed by atoms with van der Waals surface area (Å²) in [6.07, 6.45) is -4.53. The summed E-state index contributed by atoms with van der Waals surface area (Å²) in [5, 5.41) is 8.83. The SMILES string of the molecule is Cn1c(C(=O)O)cc2nc(C(F)(F)F)ccc21. The molecule has 0 spiro atoms. The first kappa shape index (κ1) is 11.4. The lowest BCUT2D eigenvalue weighted by atomic mass is 10.3. The average molecular weight is 244 g/mol. The fourth-order valence-electron chi connectivity index (χ4n) is 1.58. The van der Waals surface area contributed by atoms with Crippen molar-refractivity contribution in [3.8, 4) is 0 Å². The fourth-order valence-corrected chi connectivity index (χ4v) is 1.58. The van der Waals surface area contributed by atoms with Crippen LogP contribution in [0, 0.1) is 0 Å². The largest absolute Gasteiger partial charge is 0.477 e. The van der Waals surface area contributed by atoms with Crippen molar-refractivity contribution >= 4 is 17.0 Å². The van der Waals surface area contributed by atoms with E-state index >= 15 is 0 Å². The zero-order valence-corrected chi connectivity index (χ0v) is 8.62. The molecule has 0 fully saturated rings. The molecule has 0 aliphatic carbocycles. The van der Waals surface area contributed by atoms with Gasteiger partial charge in [0, 0.05) is 7.05 Å². The van der Waals surface area contributed by atoms with Crippen LogP contribution < -0.4 is 0 Å². The van der Waals surface area contributed by atoms with Gasteiger partial charge in [-0.25, -0.2) is 9.78 Å². The second-order valence-corrected chi connectivity index (χ2v) is 3.49. The second kappa shape index (κ2) is 3.47. The van der Waals surface area contributed by atoms with Gasteiger partial charge in [-0.1, -0.05) is 0 Å². The van der Waals surface area contributed by atoms with Gasteiger partial charge in [0.2, 0.25) is 0 Å². The van der Waals surface area contributed by atoms with E-state index in [-0.39, 0.29) is 11.2 Å². The molecule has 2 aromatic heterocycles. The van der Waals surface area contributed by atoms with Gasteiger partial charge in [-0.3, -0.25) is 0 Å². The lowest BCUT2D eigenvalue weighted by Gasteiger charge is -2.05. The van der Waals surface area contributed by atoms with Crippen LogP contribution in [-0.2, 0) is 13.2 Å². The highest BCUT2D eigenvalue weighted by atomic mass is 19.4. The zero-order valence-electron chi connectivity index (χ0n) is 8.62. The fraction of sp³-hybridized carbons (Fsp3) is 0.200. The highest BCUT2D eigenvalue weighted by molar-refractivity contribution is 5.93. The molecule has 0 bridgehead atoms. The van der Waals surface area contributed by atoms with Crippen LogP contribution in [0.2, 0.25) is 0 Å². The number of aryl methyl sites for hydroxylation is 1. The van der Waals surface area contributed by atoms with Crippen molar-refractivity contribution in [2.45, 2.75) is 6.18 Å². The molecule has 0 aliphatic heterocycles. The highest BCUT2D eigenvalue weighted by Gasteiger charge is 2.32. The van der Waals surface area contributed by atoms with Gasteiger partial charge in [-0.2, -0.15) is 13.2 Å². The molecule has 1 N–H and O–H groups in total. The van der Waals surface area contributed by atoms with Gasteiger partial charge in [0.1, 0.15) is 11.4 Å². The monoisotopic (exact) mass is 244 g/mol. The van der Waals surface area contributed by atoms with Gasteiger partial charge in [0.05, 0.1) is 11.0 Å². The second-order valence-electron chi connectivity index (χ2n) is 3.49. The Bertz CT molecular complexity index is 601. The lowest BCUT2D eigenvalue weighted by molar-refractivity contribution is -0.140. The number of alkyl halides is 3. The van der Waals surface area contributed by atoms with Crippen LogP contribution in [0.15, 0.2) is 18.2 Å². The molecule has 0 saturated heterocycles. The van der Waals surface area contributed by atoms with Gasteiger partial charge in [0.25, 0.3) is 0 Å². The molecular formula is C10H7F3N2O2. The summed E-state index contributed by atoms with van der Waals surface area (Å²) in [5.41, 5.74) is -0.783. The van der Waals surface area contributed by atoms with Gasteiger partial charge in [-0.15, -0.1) is 0 Å². The van der Waals surface area contributed by atoms with Crippen LogP contribution in [0.4, 0.5) is 13.2 Å². The Labute approximate surface area is 93.3 Å². The van der Waals surface area contributed by atoms with Crippen molar-refractivity contribution in [2.24, 2.45) is 7.05 Å². The van der Waals surface area contributed by atoms with Crippen molar-refractivity contribution in [3.05, 3.63) is 29.6 Å². The minimum atomic E-state index is -4.53. The number of rotatable bonds is 1. The van der Waals surface area contributed by atoms with Crippen LogP contribution in [0.1, 0.15) is 16.2 Å². The number of carboxylic acids is 1. The quantitative estimate of drug-likeness (QED) is 0.837. The van der Waals surface area contributed by atoms with E-state index in [1.54, 1.807) is 0 Å². The molecule has 90 valence electrons. The number of pyridine rings is 1. The molecular weight excluding hydrogens is 237 g/mol. The Morgan fingerprint density at radius 3 is 2.59 bits per heavy atom. The number of halogens is 3. The molecule has 17 heavy (non-hydrogen) atoms. The van der Waals surface area contributed by atoms with Crippen molar-refractivity contribution < 1.29 is 23.1 Å². The molecule has 2 aromatic rings. The van der Waals surface area contributed by atoms with E-state index < -0.39 is 17.8 Å². The number of aromatic nitrogens is 2. The molecule has 0 amide bonds. The molecule has 0 aliphatic rings. The number of carboxylic acid groups (broad SMARTS) is 1. The molecule has 0 saturated carbocycles. The molecule has 2 rings (SSSR count). The Balaban J connectivity index is 2.68. The number of nitrogens with zero attached hydrogens (tertiary/aromatic N) is 2. The summed E-state index contributed by atoms with van der Waals surface area (Å²) in [4.78, 5) is 14.2. The smallest absolute Gasteiger partial charge is 0.433 e. The Kier molecular flexibility index (Phi) is 2.34. The summed E-state index contributed by atoms with van der Waals surface area (Å²) in [6, 6.07) is 3.15. The first-order valence-electron chi connectivity index (χ1n) is 4.57. The van der Waals surface area contributed by atoms with Crippen molar-refractivity contribution in [1.29, 1.82) is 0 Å². The molecule has 0 atom stereocenters. The lowest BCUT2D eigenvalue weighted by Crippen LogP contribution is -2.07. The van der Waals surface area contributed by atoms with E-state index in [0.717, 1.165) is 12.1 Å². The van der Waals surface area contributed by atoms with Crippen molar-refractivity contribution in [2.75, 3.05) is 0 Å². The number of carbonyl (C=O) groups is 1. The van der Waals surface area contributed by atoms with E-state index in [4.69, 9.17) is 5.11 Å². The first-order valence-corrected chi connectivity index (χ1v) is 4.57. The molecule has 7 heteroatoms. The summed E-state index contributed by atoms with van der Waals surface area (Å²) >= 11 is 0. The van der Waals surface area contributed by atoms with Crippen LogP contribution in [0.5, 0.6) is 0 Å². The van der Waals surface area contributed by atoms with Crippen LogP contribution in [-0.4, -0.2) is 20.6 Å². The number of hydrogen-bond donors (Lipinski definition) is 1. The molecule has 4 nitrogen and oxygen atoms in total. The zero-order chi connectivity index (χ0) is 12.8. The Hall–Kier alpha value is -2.05. The highest BCUT2D eigenvalue weighted by Crippen LogP contribution is 2.29. The third-order valence-electron chi connectivity index (χ3n) is 2.41. The van der Waals surface area contributed by atoms with Crippen LogP contribution >= 0.6 is 0 Å². The van der Waals surface area contributed by atoms with E-state index in [2.05, 4.69) is 4.98 Å². The summed E-state index contributed by atoms with van der Waals surface area (Å²) in [5.74, 6) is -1.21. The maximum absolute atomic E-state index is 12.4. The van der Waals surface area contributed by atoms with Crippen LogP contribution in [0.25, 0.3) is 11.0 Å². The van der Waals surface area contributed by atoms with E-state index in [9.17, 15) is 18.0 Å². The number of hydrogen-bond acceptors (Lipinski definition) is 2. The van der Waals surface area contributed by atoms with E-state index in [1.165, 1.54) is 17.7 Å². The Morgan fingerprint density at radius 2 is 2.06 bits per heavy atom. The molecule has 2 heterocycles. The molecule has 0 unspecified atom stereocenters. The summed E-state index contributed by atoms with van der Waals surface area (Å²) in [6.45, 7) is 0. The number of fused-ring (bicyclic) bond motifs is 1. The minimum absolute atomic E-state index is 0.0136. The van der Waals surface area contributed by atoms with E-state index in [1.807, 2.05) is 0 Å². The summed E-state index contributed by atoms with van der Waals surface area (Å²) in [7, 11) is 1.46. The predicted molar refractivity (Wildman–Crippen MR) is 52.7 cm³/mol. The van der Waals surface area contributed by atoms with Gasteiger partial charge >= 0.3 is 12.1 Å². The Morgan fingerprint density at radius 1 is 1.41 bits per heavy atom. The third-order valence-corrected chi connectivity index (χ3v) is 2.41. The average Bonchev–Trinajstić information content (AvgIpc) is 2.54.